The summed E-state index contributed by atoms with van der Waals surface area (Å²) in [6.07, 6.45) is 1.94. The Kier molecular flexibility index (Phi) is 4.80. The molecule has 1 aliphatic heterocycles. The van der Waals surface area contributed by atoms with Crippen molar-refractivity contribution in [3.8, 4) is 5.69 Å². The summed E-state index contributed by atoms with van der Waals surface area (Å²) in [7, 11) is 0. The Morgan fingerprint density at radius 3 is 2.55 bits per heavy atom. The minimum Gasteiger partial charge on any atom is -0.462 e. The molecule has 0 atom stereocenters. The molecule has 2 aromatic carbocycles. The number of fused-ring (bicyclic) bond motifs is 1. The van der Waals surface area contributed by atoms with Crippen molar-refractivity contribution < 1.29 is 14.3 Å². The van der Waals surface area contributed by atoms with Gasteiger partial charge < -0.3 is 14.6 Å². The third-order valence-electron chi connectivity index (χ3n) is 5.12. The van der Waals surface area contributed by atoms with E-state index >= 15 is 0 Å². The Morgan fingerprint density at radius 1 is 1.10 bits per heavy atom. The average Bonchev–Trinajstić information content (AvgIpc) is 3.18. The molecule has 1 aromatic heterocycles. The lowest BCUT2D eigenvalue weighted by atomic mass is 10.0. The first kappa shape index (κ1) is 18.7. The molecule has 0 aliphatic carbocycles. The summed E-state index contributed by atoms with van der Waals surface area (Å²) in [5, 5.41) is 2.91. The van der Waals surface area contributed by atoms with Crippen LogP contribution in [-0.2, 0) is 9.53 Å². The molecule has 0 radical (unpaired) electrons. The molecule has 5 nitrogen and oxygen atoms in total. The van der Waals surface area contributed by atoms with Gasteiger partial charge in [-0.15, -0.1) is 0 Å². The fraction of sp³-hybridized carbons (Fsp3) is 0.167. The largest absolute Gasteiger partial charge is 0.462 e. The van der Waals surface area contributed by atoms with Gasteiger partial charge in [-0.25, -0.2) is 4.79 Å². The van der Waals surface area contributed by atoms with Crippen molar-refractivity contribution in [2.75, 3.05) is 11.9 Å². The number of carbonyl (C=O) groups excluding carboxylic acids is 2. The Bertz CT molecular complexity index is 1140. The van der Waals surface area contributed by atoms with Crippen LogP contribution in [0.3, 0.4) is 0 Å². The summed E-state index contributed by atoms with van der Waals surface area (Å²) in [6, 6.07) is 17.1. The van der Waals surface area contributed by atoms with Gasteiger partial charge in [-0.1, -0.05) is 18.2 Å². The van der Waals surface area contributed by atoms with Gasteiger partial charge in [0.05, 0.1) is 12.2 Å². The second kappa shape index (κ2) is 7.43. The number of hydrogen-bond donors (Lipinski definition) is 1. The number of aromatic nitrogens is 1. The molecule has 0 saturated heterocycles. The van der Waals surface area contributed by atoms with Crippen LogP contribution in [0.4, 0.5) is 5.69 Å². The summed E-state index contributed by atoms with van der Waals surface area (Å²) in [5.74, 6) is -0.411. The van der Waals surface area contributed by atoms with Crippen molar-refractivity contribution in [1.82, 2.24) is 4.57 Å². The minimum absolute atomic E-state index is 0.0882. The number of ether oxygens (including phenoxy) is 1. The number of para-hydroxylation sites is 1. The van der Waals surface area contributed by atoms with E-state index in [-0.39, 0.29) is 11.9 Å². The summed E-state index contributed by atoms with van der Waals surface area (Å²) in [5.41, 5.74) is 6.96. The van der Waals surface area contributed by atoms with Crippen molar-refractivity contribution in [2.45, 2.75) is 20.8 Å². The first-order chi connectivity index (χ1) is 14.0. The summed E-state index contributed by atoms with van der Waals surface area (Å²) < 4.78 is 7.16. The van der Waals surface area contributed by atoms with Crippen LogP contribution in [0.1, 0.15) is 39.8 Å². The third-order valence-corrected chi connectivity index (χ3v) is 5.12. The van der Waals surface area contributed by atoms with Crippen LogP contribution >= 0.6 is 0 Å². The van der Waals surface area contributed by atoms with Crippen molar-refractivity contribution in [1.29, 1.82) is 0 Å². The molecule has 3 aromatic rings. The monoisotopic (exact) mass is 386 g/mol. The fourth-order valence-corrected chi connectivity index (χ4v) is 3.73. The van der Waals surface area contributed by atoms with Crippen LogP contribution < -0.4 is 5.32 Å². The van der Waals surface area contributed by atoms with E-state index in [4.69, 9.17) is 4.74 Å². The maximum atomic E-state index is 12.4. The van der Waals surface area contributed by atoms with Gasteiger partial charge in [0.25, 0.3) is 5.91 Å². The highest BCUT2D eigenvalue weighted by Crippen LogP contribution is 2.34. The molecule has 4 rings (SSSR count). The molecular formula is C24H22N2O3. The quantitative estimate of drug-likeness (QED) is 0.519. The topological polar surface area (TPSA) is 60.3 Å². The molecule has 0 unspecified atom stereocenters. The molecule has 146 valence electrons. The highest BCUT2D eigenvalue weighted by atomic mass is 16.5. The van der Waals surface area contributed by atoms with Crippen LogP contribution in [0.2, 0.25) is 0 Å². The maximum Gasteiger partial charge on any atom is 0.338 e. The zero-order valence-electron chi connectivity index (χ0n) is 16.7. The number of nitrogens with one attached hydrogen (secondary N) is 1. The number of benzene rings is 2. The highest BCUT2D eigenvalue weighted by molar-refractivity contribution is 6.34. The lowest BCUT2D eigenvalue weighted by Gasteiger charge is -2.10. The number of nitrogens with zero attached hydrogens (tertiary/aromatic N) is 1. The van der Waals surface area contributed by atoms with E-state index in [1.807, 2.05) is 56.3 Å². The fourth-order valence-electron chi connectivity index (χ4n) is 3.73. The standard InChI is InChI=1S/C24H22N2O3/c1-4-29-24(28)17-9-11-19(12-10-17)26-15(2)13-18(16(26)3)14-21-20-7-5-6-8-22(20)25-23(21)27/h5-14H,4H2,1-3H3,(H,25,27)/b21-14+. The number of anilines is 1. The highest BCUT2D eigenvalue weighted by Gasteiger charge is 2.24. The Balaban J connectivity index is 1.71. The van der Waals surface area contributed by atoms with E-state index in [0.29, 0.717) is 17.7 Å². The molecular weight excluding hydrogens is 364 g/mol. The molecule has 0 fully saturated rings. The van der Waals surface area contributed by atoms with Gasteiger partial charge in [0.1, 0.15) is 0 Å². The second-order valence-corrected chi connectivity index (χ2v) is 6.99. The smallest absolute Gasteiger partial charge is 0.338 e. The Morgan fingerprint density at radius 2 is 1.83 bits per heavy atom. The normalized spacial score (nSPS) is 14.0. The number of amides is 1. The lowest BCUT2D eigenvalue weighted by Crippen LogP contribution is -2.05. The number of rotatable bonds is 4. The molecule has 5 heteroatoms. The van der Waals surface area contributed by atoms with Gasteiger partial charge in [-0.2, -0.15) is 0 Å². The van der Waals surface area contributed by atoms with Crippen LogP contribution in [0.5, 0.6) is 0 Å². The van der Waals surface area contributed by atoms with Gasteiger partial charge >= 0.3 is 5.97 Å². The number of aryl methyl sites for hydroxylation is 1. The molecule has 0 spiro atoms. The third kappa shape index (κ3) is 3.36. The molecule has 0 bridgehead atoms. The summed E-state index contributed by atoms with van der Waals surface area (Å²) in [6.45, 7) is 6.19. The van der Waals surface area contributed by atoms with Crippen LogP contribution in [0, 0.1) is 13.8 Å². The van der Waals surface area contributed by atoms with Gasteiger partial charge in [0.2, 0.25) is 0 Å². The van der Waals surface area contributed by atoms with E-state index in [0.717, 1.165) is 33.9 Å². The first-order valence-electron chi connectivity index (χ1n) is 9.58. The lowest BCUT2D eigenvalue weighted by molar-refractivity contribution is -0.110. The molecule has 1 amide bonds. The second-order valence-electron chi connectivity index (χ2n) is 6.99. The van der Waals surface area contributed by atoms with E-state index in [9.17, 15) is 9.59 Å². The number of esters is 1. The van der Waals surface area contributed by atoms with Gasteiger partial charge in [-0.05, 0) is 68.8 Å². The van der Waals surface area contributed by atoms with E-state index in [1.54, 1.807) is 19.1 Å². The summed E-state index contributed by atoms with van der Waals surface area (Å²) in [4.78, 5) is 24.3. The predicted molar refractivity (Wildman–Crippen MR) is 114 cm³/mol. The first-order valence-corrected chi connectivity index (χ1v) is 9.58. The van der Waals surface area contributed by atoms with Crippen molar-refractivity contribution in [3.63, 3.8) is 0 Å². The Hall–Kier alpha value is -3.60. The average molecular weight is 386 g/mol. The van der Waals surface area contributed by atoms with E-state index in [2.05, 4.69) is 16.0 Å². The molecule has 2 heterocycles. The number of carbonyl (C=O) groups is 2. The maximum absolute atomic E-state index is 12.4. The number of hydrogen-bond acceptors (Lipinski definition) is 3. The SMILES string of the molecule is CCOC(=O)c1ccc(-n2c(C)cc(/C=C3/C(=O)Nc4ccccc43)c2C)cc1. The Labute approximate surface area is 169 Å². The van der Waals surface area contributed by atoms with Gasteiger partial charge in [-0.3, -0.25) is 4.79 Å². The molecule has 1 N–H and O–H groups in total. The minimum atomic E-state index is -0.323. The van der Waals surface area contributed by atoms with Crippen molar-refractivity contribution in [2.24, 2.45) is 0 Å². The van der Waals surface area contributed by atoms with Crippen LogP contribution in [0.15, 0.2) is 54.6 Å². The van der Waals surface area contributed by atoms with Crippen LogP contribution in [-0.4, -0.2) is 23.1 Å². The zero-order chi connectivity index (χ0) is 20.5. The summed E-state index contributed by atoms with van der Waals surface area (Å²) >= 11 is 0. The van der Waals surface area contributed by atoms with Gasteiger partial charge in [0, 0.05) is 33.9 Å². The predicted octanol–water partition coefficient (Wildman–Crippen LogP) is 4.76. The van der Waals surface area contributed by atoms with Crippen LogP contribution in [0.25, 0.3) is 17.3 Å². The van der Waals surface area contributed by atoms with E-state index in [1.165, 1.54) is 0 Å². The molecule has 29 heavy (non-hydrogen) atoms. The molecule has 1 aliphatic rings. The van der Waals surface area contributed by atoms with Gasteiger partial charge in [0.15, 0.2) is 0 Å². The zero-order valence-corrected chi connectivity index (χ0v) is 16.7. The van der Waals surface area contributed by atoms with Crippen molar-refractivity contribution in [3.05, 3.63) is 82.7 Å². The van der Waals surface area contributed by atoms with Crippen molar-refractivity contribution >= 4 is 29.2 Å². The molecule has 0 saturated carbocycles. The van der Waals surface area contributed by atoms with E-state index < -0.39 is 0 Å².